The van der Waals surface area contributed by atoms with Crippen LogP contribution in [0.2, 0.25) is 5.02 Å². The third-order valence-corrected chi connectivity index (χ3v) is 7.04. The minimum Gasteiger partial charge on any atom is -0.316 e. The zero-order valence-corrected chi connectivity index (χ0v) is 18.2. The molecule has 1 aromatic carbocycles. The number of allylic oxidation sites excluding steroid dienone is 1. The van der Waals surface area contributed by atoms with Gasteiger partial charge in [-0.25, -0.2) is 4.79 Å². The number of hydrogen-bond acceptors (Lipinski definition) is 4. The molecular weight excluding hydrogens is 444 g/mol. The van der Waals surface area contributed by atoms with Crippen LogP contribution >= 0.6 is 19.2 Å². The van der Waals surface area contributed by atoms with E-state index < -0.39 is 31.6 Å². The zero-order valence-electron chi connectivity index (χ0n) is 16.5. The highest BCUT2D eigenvalue weighted by Crippen LogP contribution is 2.53. The molecule has 0 unspecified atom stereocenters. The monoisotopic (exact) mass is 466 g/mol. The number of alkyl halides is 3. The van der Waals surface area contributed by atoms with E-state index in [0.29, 0.717) is 0 Å². The molecule has 0 saturated heterocycles. The van der Waals surface area contributed by atoms with Gasteiger partial charge >= 0.3 is 19.8 Å². The Bertz CT molecular complexity index is 881. The molecule has 0 bridgehead atoms. The van der Waals surface area contributed by atoms with Crippen molar-refractivity contribution in [1.82, 2.24) is 5.32 Å². The van der Waals surface area contributed by atoms with Crippen LogP contribution < -0.4 is 10.2 Å². The van der Waals surface area contributed by atoms with Crippen molar-refractivity contribution in [2.24, 2.45) is 5.92 Å². The third-order valence-electron chi connectivity index (χ3n) is 4.88. The number of nitrogens with one attached hydrogen (secondary N) is 1. The van der Waals surface area contributed by atoms with Gasteiger partial charge in [0.2, 0.25) is 0 Å². The summed E-state index contributed by atoms with van der Waals surface area (Å²) in [4.78, 5) is 13.8. The van der Waals surface area contributed by atoms with E-state index in [4.69, 9.17) is 20.6 Å². The van der Waals surface area contributed by atoms with E-state index in [-0.39, 0.29) is 35.4 Å². The first-order chi connectivity index (χ1) is 14.0. The number of halogens is 4. The van der Waals surface area contributed by atoms with Gasteiger partial charge in [0, 0.05) is 10.6 Å². The molecule has 0 radical (unpaired) electrons. The number of amides is 2. The molecule has 2 aliphatic rings. The minimum absolute atomic E-state index is 0.0524. The number of rotatable bonds is 8. The molecule has 1 aliphatic heterocycles. The smallest absolute Gasteiger partial charge is 0.316 e. The van der Waals surface area contributed by atoms with Crippen LogP contribution in [0.15, 0.2) is 30.4 Å². The minimum atomic E-state index is -4.83. The highest BCUT2D eigenvalue weighted by Gasteiger charge is 2.60. The van der Waals surface area contributed by atoms with Crippen molar-refractivity contribution < 1.29 is 31.6 Å². The van der Waals surface area contributed by atoms with E-state index in [1.54, 1.807) is 13.8 Å². The number of benzene rings is 1. The number of anilines is 1. The van der Waals surface area contributed by atoms with Crippen LogP contribution in [-0.2, 0) is 19.2 Å². The van der Waals surface area contributed by atoms with Gasteiger partial charge in [0.05, 0.1) is 18.9 Å². The van der Waals surface area contributed by atoms with Crippen LogP contribution in [0.1, 0.15) is 32.3 Å². The fourth-order valence-corrected chi connectivity index (χ4v) is 5.14. The molecule has 1 aliphatic carbocycles. The topological polar surface area (TPSA) is 67.9 Å². The molecule has 2 amide bonds. The molecule has 3 rings (SSSR count). The Morgan fingerprint density at radius 3 is 2.47 bits per heavy atom. The first-order valence-electron chi connectivity index (χ1n) is 9.59. The van der Waals surface area contributed by atoms with Gasteiger partial charge in [0.25, 0.3) is 0 Å². The maximum atomic E-state index is 14.3. The van der Waals surface area contributed by atoms with Gasteiger partial charge in [-0.1, -0.05) is 17.7 Å². The van der Waals surface area contributed by atoms with E-state index in [1.165, 1.54) is 24.3 Å². The van der Waals surface area contributed by atoms with Crippen molar-refractivity contribution in [3.8, 4) is 0 Å². The molecule has 1 aromatic rings. The van der Waals surface area contributed by atoms with E-state index in [0.717, 1.165) is 23.8 Å². The van der Waals surface area contributed by atoms with Gasteiger partial charge < -0.3 is 14.4 Å². The molecule has 1 N–H and O–H groups in total. The quantitative estimate of drug-likeness (QED) is 0.387. The lowest BCUT2D eigenvalue weighted by Gasteiger charge is -2.43. The standard InChI is InChI=1S/C19H23ClF3N2O4P/c1-3-28-30(27,29-4-2)12-25-16-8-7-14(20)11-15(16)18(19(21,22)23,24-17(25)26)10-9-13-5-6-13/h7-11,13H,3-6,12H2,1-2H3,(H,24,26)/b10-9+/t18-/m0/s1. The highest BCUT2D eigenvalue weighted by molar-refractivity contribution is 7.54. The first kappa shape index (κ1) is 23.1. The second kappa shape index (κ2) is 8.54. The molecule has 0 spiro atoms. The number of urea groups is 1. The highest BCUT2D eigenvalue weighted by atomic mass is 35.5. The van der Waals surface area contributed by atoms with Crippen molar-refractivity contribution in [1.29, 1.82) is 0 Å². The molecule has 1 saturated carbocycles. The fourth-order valence-electron chi connectivity index (χ4n) is 3.32. The van der Waals surface area contributed by atoms with E-state index >= 15 is 0 Å². The van der Waals surface area contributed by atoms with Crippen molar-refractivity contribution in [2.75, 3.05) is 24.4 Å². The molecular formula is C19H23ClF3N2O4P. The van der Waals surface area contributed by atoms with Crippen LogP contribution in [0.4, 0.5) is 23.7 Å². The van der Waals surface area contributed by atoms with Gasteiger partial charge in [0.1, 0.15) is 6.29 Å². The van der Waals surface area contributed by atoms with Gasteiger partial charge in [-0.15, -0.1) is 0 Å². The van der Waals surface area contributed by atoms with Gasteiger partial charge in [-0.05, 0) is 56.9 Å². The molecule has 0 aromatic heterocycles. The van der Waals surface area contributed by atoms with E-state index in [2.05, 4.69) is 5.32 Å². The number of carbonyl (C=O) groups excluding carboxylic acids is 1. The SMILES string of the molecule is CCOP(=O)(CN1C(=O)N[C@](/C=C/C2CC2)(C(F)(F)F)c2cc(Cl)ccc21)OCC. The van der Waals surface area contributed by atoms with Crippen molar-refractivity contribution >= 4 is 30.9 Å². The van der Waals surface area contributed by atoms with Crippen molar-refractivity contribution in [3.63, 3.8) is 0 Å². The summed E-state index contributed by atoms with van der Waals surface area (Å²) in [6.07, 6.45) is -1.30. The van der Waals surface area contributed by atoms with Crippen LogP contribution in [0.3, 0.4) is 0 Å². The third kappa shape index (κ3) is 4.54. The average molecular weight is 467 g/mol. The Hall–Kier alpha value is -1.54. The molecule has 6 nitrogen and oxygen atoms in total. The number of hydrogen-bond donors (Lipinski definition) is 1. The lowest BCUT2D eigenvalue weighted by Crippen LogP contribution is -2.62. The van der Waals surface area contributed by atoms with E-state index in [1.807, 2.05) is 0 Å². The van der Waals surface area contributed by atoms with Gasteiger partial charge in [-0.3, -0.25) is 9.46 Å². The summed E-state index contributed by atoms with van der Waals surface area (Å²) in [5.41, 5.74) is -3.05. The molecule has 30 heavy (non-hydrogen) atoms. The molecule has 11 heteroatoms. The van der Waals surface area contributed by atoms with Gasteiger partial charge in [0.15, 0.2) is 5.54 Å². The predicted octanol–water partition coefficient (Wildman–Crippen LogP) is 5.82. The first-order valence-corrected chi connectivity index (χ1v) is 11.7. The molecule has 166 valence electrons. The number of fused-ring (bicyclic) bond motifs is 1. The molecule has 1 heterocycles. The van der Waals surface area contributed by atoms with E-state index in [9.17, 15) is 22.5 Å². The zero-order chi connectivity index (χ0) is 22.2. The normalized spacial score (nSPS) is 22.3. The summed E-state index contributed by atoms with van der Waals surface area (Å²) in [5.74, 6) is 0.0536. The Kier molecular flexibility index (Phi) is 6.58. The summed E-state index contributed by atoms with van der Waals surface area (Å²) in [6.45, 7) is 3.31. The maximum Gasteiger partial charge on any atom is 0.419 e. The number of carbonyl (C=O) groups is 1. The predicted molar refractivity (Wildman–Crippen MR) is 108 cm³/mol. The van der Waals surface area contributed by atoms with Crippen LogP contribution in [-0.4, -0.2) is 31.7 Å². The van der Waals surface area contributed by atoms with Crippen LogP contribution in [0, 0.1) is 5.92 Å². The summed E-state index contributed by atoms with van der Waals surface area (Å²) in [7, 11) is -3.76. The van der Waals surface area contributed by atoms with Crippen LogP contribution in [0.5, 0.6) is 0 Å². The second-order valence-corrected chi connectivity index (χ2v) is 9.57. The lowest BCUT2D eigenvalue weighted by molar-refractivity contribution is -0.182. The summed E-state index contributed by atoms with van der Waals surface area (Å²) < 4.78 is 66.4. The molecule has 1 fully saturated rings. The number of nitrogens with zero attached hydrogens (tertiary/aromatic N) is 1. The average Bonchev–Trinajstić information content (AvgIpc) is 3.46. The summed E-state index contributed by atoms with van der Waals surface area (Å²) in [5, 5.41) is 2.16. The lowest BCUT2D eigenvalue weighted by atomic mass is 9.85. The van der Waals surface area contributed by atoms with Crippen LogP contribution in [0.25, 0.3) is 0 Å². The Morgan fingerprint density at radius 1 is 1.30 bits per heavy atom. The second-order valence-electron chi connectivity index (χ2n) is 7.11. The van der Waals surface area contributed by atoms with Crippen molar-refractivity contribution in [2.45, 2.75) is 38.4 Å². The fraction of sp³-hybridized carbons (Fsp3) is 0.526. The largest absolute Gasteiger partial charge is 0.419 e. The Balaban J connectivity index is 2.12. The maximum absolute atomic E-state index is 14.3. The Morgan fingerprint density at radius 2 is 1.93 bits per heavy atom. The summed E-state index contributed by atoms with van der Waals surface area (Å²) >= 11 is 6.02. The van der Waals surface area contributed by atoms with Crippen molar-refractivity contribution in [3.05, 3.63) is 40.9 Å². The Labute approximate surface area is 177 Å². The molecule has 1 atom stereocenters. The summed E-state index contributed by atoms with van der Waals surface area (Å²) in [6, 6.07) is 2.80. The van der Waals surface area contributed by atoms with Gasteiger partial charge in [-0.2, -0.15) is 13.2 Å².